The smallest absolute Gasteiger partial charge is 0.261 e. The highest BCUT2D eigenvalue weighted by Gasteiger charge is 2.26. The molecule has 8 aromatic rings. The molecule has 0 aliphatic rings. The standard InChI is InChI=1S/C23H22N4O5S.C22H17ClN2O4S2/c1-14-8-19(31-2)21(32-3)20(9-14)33(29,30)18-6-4-15(5-7-18)11-25-23(28)17-10-16-13-26-27-22(16)24-12-17;1-29-18-7-4-16(23)11-21(18)31(27,28)17-5-2-14(3-6-17)12-25-22(26)19-10-15-8-9-24-13-20(15)30-19/h4-10,12-13H,11H2,1-3H3,(H,25,28)(H,24,26,27);2-11,13H,12H2,1H3,(H,25,26). The number of aromatic nitrogens is 4. The summed E-state index contributed by atoms with van der Waals surface area (Å²) in [7, 11) is -3.40. The molecule has 0 radical (unpaired) electrons. The first-order valence-corrected chi connectivity index (χ1v) is 23.3. The maximum Gasteiger partial charge on any atom is 0.261 e. The number of amides is 2. The summed E-state index contributed by atoms with van der Waals surface area (Å²) in [6.45, 7) is 2.28. The van der Waals surface area contributed by atoms with Gasteiger partial charge in [0.25, 0.3) is 11.8 Å². The molecule has 0 saturated heterocycles. The molecule has 0 bridgehead atoms. The lowest BCUT2D eigenvalue weighted by molar-refractivity contribution is 0.0944. The topological polar surface area (TPSA) is 209 Å². The molecule has 4 aromatic heterocycles. The Bertz CT molecular complexity index is 3200. The number of nitrogens with one attached hydrogen (secondary N) is 3. The van der Waals surface area contributed by atoms with Gasteiger partial charge in [-0.1, -0.05) is 35.9 Å². The molecule has 0 atom stereocenters. The lowest BCUT2D eigenvalue weighted by atomic mass is 10.2. The van der Waals surface area contributed by atoms with Crippen molar-refractivity contribution in [3.05, 3.63) is 154 Å². The van der Waals surface area contributed by atoms with E-state index in [1.807, 2.05) is 12.1 Å². The van der Waals surface area contributed by atoms with Crippen LogP contribution in [0.25, 0.3) is 21.1 Å². The molecule has 0 saturated carbocycles. The number of aromatic amines is 1. The van der Waals surface area contributed by atoms with Crippen LogP contribution in [-0.4, -0.2) is 70.1 Å². The number of sulfone groups is 2. The normalized spacial score (nSPS) is 11.4. The maximum absolute atomic E-state index is 13.3. The number of thiophene rings is 1. The number of pyridine rings is 2. The van der Waals surface area contributed by atoms with Crippen LogP contribution in [0.1, 0.15) is 36.7 Å². The lowest BCUT2D eigenvalue weighted by Crippen LogP contribution is -2.22. The molecule has 64 heavy (non-hydrogen) atoms. The van der Waals surface area contributed by atoms with Gasteiger partial charge in [0.1, 0.15) is 15.5 Å². The average Bonchev–Trinajstić information content (AvgIpc) is 3.98. The number of halogens is 1. The summed E-state index contributed by atoms with van der Waals surface area (Å²) >= 11 is 7.35. The zero-order chi connectivity index (χ0) is 45.6. The highest BCUT2D eigenvalue weighted by atomic mass is 35.5. The fourth-order valence-corrected chi connectivity index (χ4v) is 10.6. The minimum Gasteiger partial charge on any atom is -0.495 e. The van der Waals surface area contributed by atoms with Crippen LogP contribution in [0.15, 0.2) is 141 Å². The van der Waals surface area contributed by atoms with E-state index in [1.165, 1.54) is 75.3 Å². The molecule has 3 N–H and O–H groups in total. The molecule has 8 rings (SSSR count). The molecule has 2 amide bonds. The van der Waals surface area contributed by atoms with E-state index in [0.29, 0.717) is 26.9 Å². The van der Waals surface area contributed by atoms with Crippen molar-refractivity contribution in [3.8, 4) is 17.2 Å². The first kappa shape index (κ1) is 45.2. The van der Waals surface area contributed by atoms with Gasteiger partial charge in [0, 0.05) is 42.1 Å². The Labute approximate surface area is 377 Å². The Hall–Kier alpha value is -6.86. The first-order valence-electron chi connectivity index (χ1n) is 19.1. The van der Waals surface area contributed by atoms with Crippen LogP contribution in [0, 0.1) is 6.92 Å². The van der Waals surface area contributed by atoms with Crippen molar-refractivity contribution in [2.45, 2.75) is 39.6 Å². The molecule has 0 aliphatic heterocycles. The predicted octanol–water partition coefficient (Wildman–Crippen LogP) is 7.77. The predicted molar refractivity (Wildman–Crippen MR) is 242 cm³/mol. The van der Waals surface area contributed by atoms with Crippen LogP contribution in [0.3, 0.4) is 0 Å². The van der Waals surface area contributed by atoms with Crippen LogP contribution in [0.5, 0.6) is 17.2 Å². The molecule has 15 nitrogen and oxygen atoms in total. The van der Waals surface area contributed by atoms with E-state index < -0.39 is 19.7 Å². The number of carbonyl (C=O) groups excluding carboxylic acids is 2. The molecule has 4 aromatic carbocycles. The van der Waals surface area contributed by atoms with Crippen LogP contribution in [0.2, 0.25) is 5.02 Å². The van der Waals surface area contributed by atoms with Gasteiger partial charge in [-0.25, -0.2) is 21.8 Å². The van der Waals surface area contributed by atoms with E-state index in [-0.39, 0.29) is 56.0 Å². The van der Waals surface area contributed by atoms with E-state index in [2.05, 4.69) is 30.8 Å². The van der Waals surface area contributed by atoms with Gasteiger partial charge in [0.05, 0.1) is 52.5 Å². The number of hydrogen-bond acceptors (Lipinski definition) is 13. The molecule has 0 spiro atoms. The number of ether oxygens (including phenoxy) is 3. The summed E-state index contributed by atoms with van der Waals surface area (Å²) < 4.78 is 69.2. The Morgan fingerprint density at radius 2 is 1.33 bits per heavy atom. The van der Waals surface area contributed by atoms with E-state index in [9.17, 15) is 26.4 Å². The number of carbonyl (C=O) groups is 2. The van der Waals surface area contributed by atoms with Gasteiger partial charge in [-0.05, 0) is 102 Å². The van der Waals surface area contributed by atoms with Crippen molar-refractivity contribution in [2.24, 2.45) is 0 Å². The van der Waals surface area contributed by atoms with E-state index in [4.69, 9.17) is 25.8 Å². The number of nitrogens with zero attached hydrogens (tertiary/aromatic N) is 3. The second kappa shape index (κ2) is 19.3. The summed E-state index contributed by atoms with van der Waals surface area (Å²) in [6, 6.07) is 25.7. The number of methoxy groups -OCH3 is 3. The van der Waals surface area contributed by atoms with Gasteiger partial charge in [0.2, 0.25) is 19.7 Å². The molecule has 0 fully saturated rings. The SMILES string of the molecule is COc1cc(C)cc(S(=O)(=O)c2ccc(CNC(=O)c3cnc4[nH]ncc4c3)cc2)c1OC.COc1ccc(Cl)cc1S(=O)(=O)c1ccc(CNC(=O)c2cc3ccncc3s2)cc1. The Balaban J connectivity index is 0.000000192. The molecular weight excluding hydrogens is 900 g/mol. The van der Waals surface area contributed by atoms with Gasteiger partial charge in [-0.3, -0.25) is 19.7 Å². The Morgan fingerprint density at radius 3 is 1.95 bits per heavy atom. The number of H-pyrrole nitrogens is 1. The van der Waals surface area contributed by atoms with Crippen molar-refractivity contribution >= 4 is 75.5 Å². The Kier molecular flexibility index (Phi) is 13.6. The zero-order valence-corrected chi connectivity index (χ0v) is 37.8. The van der Waals surface area contributed by atoms with Crippen LogP contribution >= 0.6 is 22.9 Å². The molecule has 0 aliphatic carbocycles. The van der Waals surface area contributed by atoms with E-state index in [0.717, 1.165) is 32.2 Å². The zero-order valence-electron chi connectivity index (χ0n) is 34.6. The van der Waals surface area contributed by atoms with Gasteiger partial charge in [-0.2, -0.15) is 5.10 Å². The minimum atomic E-state index is -3.85. The number of fused-ring (bicyclic) bond motifs is 2. The number of hydrogen-bond donors (Lipinski definition) is 3. The Morgan fingerprint density at radius 1 is 0.688 bits per heavy atom. The van der Waals surface area contributed by atoms with E-state index in [1.54, 1.807) is 74.0 Å². The fraction of sp³-hybridized carbons (Fsp3) is 0.133. The van der Waals surface area contributed by atoms with Crippen molar-refractivity contribution in [1.82, 2.24) is 30.8 Å². The van der Waals surface area contributed by atoms with E-state index >= 15 is 0 Å². The third-order valence-corrected chi connectivity index (χ3v) is 14.7. The van der Waals surface area contributed by atoms with Gasteiger partial charge in [0.15, 0.2) is 17.1 Å². The third kappa shape index (κ3) is 9.84. The summed E-state index contributed by atoms with van der Waals surface area (Å²) in [4.78, 5) is 34.0. The first-order chi connectivity index (χ1) is 30.7. The highest BCUT2D eigenvalue weighted by molar-refractivity contribution is 7.92. The van der Waals surface area contributed by atoms with Crippen LogP contribution in [-0.2, 0) is 32.8 Å². The number of rotatable bonds is 13. The second-order valence-corrected chi connectivity index (χ2v) is 19.4. The molecule has 0 unspecified atom stereocenters. The third-order valence-electron chi connectivity index (χ3n) is 9.77. The number of aryl methyl sites for hydroxylation is 1. The summed E-state index contributed by atoms with van der Waals surface area (Å²) in [5.74, 6) is 0.237. The van der Waals surface area contributed by atoms with Crippen molar-refractivity contribution in [3.63, 3.8) is 0 Å². The average molecular weight is 939 g/mol. The maximum atomic E-state index is 13.3. The molecular formula is C45H39ClN6O9S3. The summed E-state index contributed by atoms with van der Waals surface area (Å²) in [5, 5.41) is 14.3. The van der Waals surface area contributed by atoms with Gasteiger partial charge in [-0.15, -0.1) is 11.3 Å². The van der Waals surface area contributed by atoms with Crippen molar-refractivity contribution in [2.75, 3.05) is 21.3 Å². The van der Waals surface area contributed by atoms with Crippen molar-refractivity contribution < 1.29 is 40.6 Å². The quantitative estimate of drug-likeness (QED) is 0.101. The highest BCUT2D eigenvalue weighted by Crippen LogP contribution is 2.38. The fourth-order valence-electron chi connectivity index (χ4n) is 6.46. The van der Waals surface area contributed by atoms with Crippen LogP contribution in [0.4, 0.5) is 0 Å². The minimum absolute atomic E-state index is 0.00260. The molecule has 328 valence electrons. The largest absolute Gasteiger partial charge is 0.495 e. The van der Waals surface area contributed by atoms with Crippen molar-refractivity contribution in [1.29, 1.82) is 0 Å². The summed E-state index contributed by atoms with van der Waals surface area (Å²) in [5.41, 5.74) is 3.25. The van der Waals surface area contributed by atoms with Crippen LogP contribution < -0.4 is 24.8 Å². The lowest BCUT2D eigenvalue weighted by Gasteiger charge is -2.14. The molecule has 4 heterocycles. The summed E-state index contributed by atoms with van der Waals surface area (Å²) in [6.07, 6.45) is 6.47. The molecule has 19 heteroatoms. The second-order valence-electron chi connectivity index (χ2n) is 14.0. The van der Waals surface area contributed by atoms with Gasteiger partial charge < -0.3 is 24.8 Å². The monoisotopic (exact) mass is 938 g/mol. The number of benzene rings is 4. The van der Waals surface area contributed by atoms with Gasteiger partial charge >= 0.3 is 0 Å².